The van der Waals surface area contributed by atoms with Crippen LogP contribution >= 0.6 is 0 Å². The Labute approximate surface area is 143 Å². The summed E-state index contributed by atoms with van der Waals surface area (Å²) in [6, 6.07) is 11.5. The molecule has 0 saturated heterocycles. The second kappa shape index (κ2) is 7.09. The maximum atomic E-state index is 12.9. The third-order valence-electron chi connectivity index (χ3n) is 3.63. The Morgan fingerprint density at radius 2 is 1.60 bits per heavy atom. The van der Waals surface area contributed by atoms with Gasteiger partial charge in [-0.1, -0.05) is 0 Å². The van der Waals surface area contributed by atoms with E-state index in [1.807, 2.05) is 6.92 Å². The van der Waals surface area contributed by atoms with Crippen molar-refractivity contribution >= 4 is 11.8 Å². The molecule has 3 rings (SSSR count). The summed E-state index contributed by atoms with van der Waals surface area (Å²) in [5, 5.41) is 4.02. The molecule has 1 aromatic heterocycles. The van der Waals surface area contributed by atoms with Crippen LogP contribution in [0.2, 0.25) is 0 Å². The Kier molecular flexibility index (Phi) is 4.70. The van der Waals surface area contributed by atoms with Gasteiger partial charge >= 0.3 is 5.97 Å². The van der Waals surface area contributed by atoms with E-state index < -0.39 is 11.8 Å². The van der Waals surface area contributed by atoms with Crippen molar-refractivity contribution in [3.8, 4) is 5.75 Å². The molecule has 0 aliphatic heterocycles. The van der Waals surface area contributed by atoms with Crippen LogP contribution in [0.4, 0.5) is 4.39 Å². The summed E-state index contributed by atoms with van der Waals surface area (Å²) >= 11 is 0. The van der Waals surface area contributed by atoms with Gasteiger partial charge in [-0.25, -0.2) is 9.18 Å². The molecule has 0 N–H and O–H groups in total. The number of esters is 1. The van der Waals surface area contributed by atoms with E-state index in [-0.39, 0.29) is 5.78 Å². The lowest BCUT2D eigenvalue weighted by molar-refractivity contribution is 0.0734. The van der Waals surface area contributed by atoms with Crippen LogP contribution in [0.25, 0.3) is 0 Å². The molecule has 25 heavy (non-hydrogen) atoms. The van der Waals surface area contributed by atoms with Gasteiger partial charge in [-0.2, -0.15) is 5.10 Å². The van der Waals surface area contributed by atoms with Crippen LogP contribution in [0.15, 0.2) is 60.9 Å². The van der Waals surface area contributed by atoms with Gasteiger partial charge < -0.3 is 4.74 Å². The maximum Gasteiger partial charge on any atom is 0.346 e. The molecule has 0 aliphatic rings. The van der Waals surface area contributed by atoms with Crippen molar-refractivity contribution in [2.45, 2.75) is 13.5 Å². The number of carbonyl (C=O) groups excluding carboxylic acids is 2. The molecular formula is C19H15FN2O3. The molecule has 6 heteroatoms. The third kappa shape index (κ3) is 3.80. The first kappa shape index (κ1) is 16.6. The van der Waals surface area contributed by atoms with Crippen molar-refractivity contribution < 1.29 is 18.7 Å². The zero-order valence-corrected chi connectivity index (χ0v) is 13.5. The van der Waals surface area contributed by atoms with Crippen molar-refractivity contribution in [2.75, 3.05) is 0 Å². The normalized spacial score (nSPS) is 10.5. The third-order valence-corrected chi connectivity index (χ3v) is 3.63. The molecule has 1 heterocycles. The highest BCUT2D eigenvalue weighted by Crippen LogP contribution is 2.17. The predicted octanol–water partition coefficient (Wildman–Crippen LogP) is 3.49. The minimum Gasteiger partial charge on any atom is -0.423 e. The molecule has 5 nitrogen and oxygen atoms in total. The predicted molar refractivity (Wildman–Crippen MR) is 89.1 cm³/mol. The number of benzene rings is 2. The molecule has 0 radical (unpaired) electrons. The highest BCUT2D eigenvalue weighted by atomic mass is 19.1. The molecule has 0 spiro atoms. The summed E-state index contributed by atoms with van der Waals surface area (Å²) in [5.74, 6) is -0.825. The van der Waals surface area contributed by atoms with E-state index in [1.165, 1.54) is 30.5 Å². The minimum absolute atomic E-state index is 0.234. The molecular weight excluding hydrogens is 323 g/mol. The zero-order chi connectivity index (χ0) is 17.8. The van der Waals surface area contributed by atoms with Gasteiger partial charge in [0.2, 0.25) is 0 Å². The van der Waals surface area contributed by atoms with Crippen LogP contribution in [0.3, 0.4) is 0 Å². The average molecular weight is 338 g/mol. The molecule has 0 unspecified atom stereocenters. The Bertz CT molecular complexity index is 899. The summed E-state index contributed by atoms with van der Waals surface area (Å²) in [6.45, 7) is 2.58. The summed E-state index contributed by atoms with van der Waals surface area (Å²) in [6.07, 6.45) is 3.05. The highest BCUT2D eigenvalue weighted by molar-refractivity contribution is 6.09. The van der Waals surface area contributed by atoms with Crippen molar-refractivity contribution in [3.05, 3.63) is 83.4 Å². The summed E-state index contributed by atoms with van der Waals surface area (Å²) in [7, 11) is 0. The Morgan fingerprint density at radius 1 is 1.00 bits per heavy atom. The molecule has 0 saturated carbocycles. The molecule has 0 atom stereocenters. The lowest BCUT2D eigenvalue weighted by Crippen LogP contribution is -2.08. The number of nitrogens with zero attached hydrogens (tertiary/aromatic N) is 2. The van der Waals surface area contributed by atoms with Crippen LogP contribution in [0.1, 0.15) is 33.2 Å². The van der Waals surface area contributed by atoms with Gasteiger partial charge in [0.15, 0.2) is 5.78 Å². The Hall–Kier alpha value is -3.28. The number of aromatic nitrogens is 2. The Balaban J connectivity index is 1.70. The molecule has 0 amide bonds. The SMILES string of the molecule is CCn1cc(C(=O)Oc2ccc(C(=O)c3ccc(F)cc3)cc2)cn1. The van der Waals surface area contributed by atoms with E-state index in [1.54, 1.807) is 35.1 Å². The highest BCUT2D eigenvalue weighted by Gasteiger charge is 2.13. The lowest BCUT2D eigenvalue weighted by atomic mass is 10.0. The van der Waals surface area contributed by atoms with Crippen LogP contribution in [0, 0.1) is 5.82 Å². The second-order valence-electron chi connectivity index (χ2n) is 5.33. The number of carbonyl (C=O) groups is 2. The van der Waals surface area contributed by atoms with Gasteiger partial charge in [-0.3, -0.25) is 9.48 Å². The van der Waals surface area contributed by atoms with E-state index in [4.69, 9.17) is 4.74 Å². The standard InChI is InChI=1S/C19H15FN2O3/c1-2-22-12-15(11-21-22)19(24)25-17-9-5-14(6-10-17)18(23)13-3-7-16(20)8-4-13/h3-12H,2H2,1H3. The summed E-state index contributed by atoms with van der Waals surface area (Å²) in [4.78, 5) is 24.3. The molecule has 0 fully saturated rings. The number of rotatable bonds is 5. The summed E-state index contributed by atoms with van der Waals surface area (Å²) in [5.41, 5.74) is 1.16. The zero-order valence-electron chi connectivity index (χ0n) is 13.5. The topological polar surface area (TPSA) is 61.2 Å². The smallest absolute Gasteiger partial charge is 0.346 e. The minimum atomic E-state index is -0.516. The first-order chi connectivity index (χ1) is 12.1. The number of hydrogen-bond acceptors (Lipinski definition) is 4. The van der Waals surface area contributed by atoms with E-state index in [0.717, 1.165) is 0 Å². The van der Waals surface area contributed by atoms with Gasteiger partial charge in [0.1, 0.15) is 11.6 Å². The number of ether oxygens (including phenoxy) is 1. The van der Waals surface area contributed by atoms with Gasteiger partial charge in [-0.05, 0) is 55.5 Å². The molecule has 2 aromatic carbocycles. The molecule has 3 aromatic rings. The first-order valence-corrected chi connectivity index (χ1v) is 7.72. The van der Waals surface area contributed by atoms with Crippen LogP contribution in [-0.4, -0.2) is 21.5 Å². The quantitative estimate of drug-likeness (QED) is 0.406. The van der Waals surface area contributed by atoms with Gasteiger partial charge in [0, 0.05) is 23.9 Å². The number of halogens is 1. The van der Waals surface area contributed by atoms with Gasteiger partial charge in [0.25, 0.3) is 0 Å². The van der Waals surface area contributed by atoms with Gasteiger partial charge in [-0.15, -0.1) is 0 Å². The van der Waals surface area contributed by atoms with E-state index >= 15 is 0 Å². The fraction of sp³-hybridized carbons (Fsp3) is 0.105. The Morgan fingerprint density at radius 3 is 2.16 bits per heavy atom. The largest absolute Gasteiger partial charge is 0.423 e. The van der Waals surface area contributed by atoms with Crippen LogP contribution < -0.4 is 4.74 Å². The lowest BCUT2D eigenvalue weighted by Gasteiger charge is -2.05. The number of ketones is 1. The van der Waals surface area contributed by atoms with E-state index in [2.05, 4.69) is 5.10 Å². The van der Waals surface area contributed by atoms with Crippen LogP contribution in [-0.2, 0) is 6.54 Å². The maximum absolute atomic E-state index is 12.9. The van der Waals surface area contributed by atoms with E-state index in [9.17, 15) is 14.0 Å². The fourth-order valence-corrected chi connectivity index (χ4v) is 2.25. The number of hydrogen-bond donors (Lipinski definition) is 0. The van der Waals surface area contributed by atoms with E-state index in [0.29, 0.717) is 29.0 Å². The van der Waals surface area contributed by atoms with Crippen molar-refractivity contribution in [2.24, 2.45) is 0 Å². The fourth-order valence-electron chi connectivity index (χ4n) is 2.25. The first-order valence-electron chi connectivity index (χ1n) is 7.72. The van der Waals surface area contributed by atoms with Crippen molar-refractivity contribution in [1.82, 2.24) is 9.78 Å². The van der Waals surface area contributed by atoms with Crippen LogP contribution in [0.5, 0.6) is 5.75 Å². The number of aryl methyl sites for hydroxylation is 1. The van der Waals surface area contributed by atoms with Gasteiger partial charge in [0.05, 0.1) is 11.8 Å². The van der Waals surface area contributed by atoms with Crippen molar-refractivity contribution in [3.63, 3.8) is 0 Å². The average Bonchev–Trinajstić information content (AvgIpc) is 3.12. The summed E-state index contributed by atoms with van der Waals surface area (Å²) < 4.78 is 19.8. The molecule has 0 aliphatic carbocycles. The monoisotopic (exact) mass is 338 g/mol. The molecule has 126 valence electrons. The van der Waals surface area contributed by atoms with Crippen molar-refractivity contribution in [1.29, 1.82) is 0 Å². The second-order valence-corrected chi connectivity index (χ2v) is 5.33. The molecule has 0 bridgehead atoms.